The van der Waals surface area contributed by atoms with Gasteiger partial charge in [0, 0.05) is 37.2 Å². The van der Waals surface area contributed by atoms with Gasteiger partial charge in [-0.05, 0) is 44.0 Å². The van der Waals surface area contributed by atoms with E-state index in [4.69, 9.17) is 25.8 Å². The van der Waals surface area contributed by atoms with Crippen LogP contribution in [0.1, 0.15) is 19.8 Å². The summed E-state index contributed by atoms with van der Waals surface area (Å²) < 4.78 is 16.5. The molecule has 8 heteroatoms. The summed E-state index contributed by atoms with van der Waals surface area (Å²) in [5, 5.41) is 11.7. The van der Waals surface area contributed by atoms with E-state index >= 15 is 0 Å². The van der Waals surface area contributed by atoms with Crippen LogP contribution in [0.4, 0.5) is 4.79 Å². The number of aliphatic hydroxyl groups is 1. The first-order chi connectivity index (χ1) is 13.5. The fourth-order valence-electron chi connectivity index (χ4n) is 3.72. The normalized spacial score (nSPS) is 24.6. The van der Waals surface area contributed by atoms with E-state index in [1.165, 1.54) is 0 Å². The number of carbonyl (C=O) groups is 1. The maximum Gasteiger partial charge on any atom is 0.409 e. The molecule has 0 bridgehead atoms. The molecular weight excluding hydrogens is 384 g/mol. The highest BCUT2D eigenvalue weighted by Gasteiger charge is 2.37. The van der Waals surface area contributed by atoms with Crippen molar-refractivity contribution in [2.45, 2.75) is 31.4 Å². The molecule has 1 aromatic rings. The van der Waals surface area contributed by atoms with Crippen LogP contribution in [-0.2, 0) is 9.47 Å². The molecule has 156 valence electrons. The summed E-state index contributed by atoms with van der Waals surface area (Å²) >= 11 is 5.90. The largest absolute Gasteiger partial charge is 0.490 e. The van der Waals surface area contributed by atoms with E-state index in [0.717, 1.165) is 19.4 Å². The number of rotatable bonds is 5. The number of hydrogen-bond acceptors (Lipinski definition) is 6. The predicted octanol–water partition coefficient (Wildman–Crippen LogP) is 2.40. The van der Waals surface area contributed by atoms with Crippen LogP contribution < -0.4 is 4.74 Å². The first kappa shape index (κ1) is 21.2. The van der Waals surface area contributed by atoms with Gasteiger partial charge in [0.1, 0.15) is 18.0 Å². The Bertz CT molecular complexity index is 636. The Hall–Kier alpha value is -1.54. The summed E-state index contributed by atoms with van der Waals surface area (Å²) in [5.41, 5.74) is -1.09. The maximum atomic E-state index is 11.9. The number of benzene rings is 1. The smallest absolute Gasteiger partial charge is 0.409 e. The third kappa shape index (κ3) is 5.73. The van der Waals surface area contributed by atoms with Crippen LogP contribution in [0.2, 0.25) is 5.02 Å². The molecule has 1 aromatic carbocycles. The zero-order valence-electron chi connectivity index (χ0n) is 16.3. The molecule has 2 aliphatic heterocycles. The summed E-state index contributed by atoms with van der Waals surface area (Å²) in [6.07, 6.45) is 1.47. The number of ether oxygens (including phenoxy) is 3. The number of likely N-dealkylation sites (tertiary alicyclic amines) is 1. The summed E-state index contributed by atoms with van der Waals surface area (Å²) in [6, 6.07) is 7.38. The number of carbonyl (C=O) groups excluding carboxylic acids is 1. The van der Waals surface area contributed by atoms with Crippen molar-refractivity contribution >= 4 is 17.7 Å². The van der Waals surface area contributed by atoms with Gasteiger partial charge in [-0.3, -0.25) is 4.90 Å². The van der Waals surface area contributed by atoms with E-state index in [9.17, 15) is 9.90 Å². The van der Waals surface area contributed by atoms with E-state index < -0.39 is 5.60 Å². The van der Waals surface area contributed by atoms with Crippen LogP contribution in [0.3, 0.4) is 0 Å². The van der Waals surface area contributed by atoms with Gasteiger partial charge >= 0.3 is 6.09 Å². The molecule has 2 aliphatic rings. The summed E-state index contributed by atoms with van der Waals surface area (Å²) in [4.78, 5) is 15.9. The molecule has 0 spiro atoms. The SMILES string of the molecule is CCOC(=O)N1CCC(N2CCOCC(O)(COc3ccc(Cl)cc3)C2)CC1. The molecule has 1 atom stereocenters. The van der Waals surface area contributed by atoms with Gasteiger partial charge in [-0.1, -0.05) is 11.6 Å². The highest BCUT2D eigenvalue weighted by molar-refractivity contribution is 6.30. The second-order valence-corrected chi connectivity index (χ2v) is 7.84. The van der Waals surface area contributed by atoms with E-state index in [1.54, 1.807) is 29.2 Å². The molecule has 0 saturated carbocycles. The topological polar surface area (TPSA) is 71.5 Å². The third-order valence-corrected chi connectivity index (χ3v) is 5.47. The van der Waals surface area contributed by atoms with Gasteiger partial charge in [-0.2, -0.15) is 0 Å². The fraction of sp³-hybridized carbons (Fsp3) is 0.650. The van der Waals surface area contributed by atoms with Crippen LogP contribution in [-0.4, -0.2) is 85.2 Å². The summed E-state index contributed by atoms with van der Waals surface area (Å²) in [5.74, 6) is 0.663. The Morgan fingerprint density at radius 1 is 1.29 bits per heavy atom. The second kappa shape index (κ2) is 9.78. The molecule has 0 aromatic heterocycles. The first-order valence-electron chi connectivity index (χ1n) is 9.83. The van der Waals surface area contributed by atoms with Gasteiger partial charge in [0.25, 0.3) is 0 Å². The van der Waals surface area contributed by atoms with Crippen molar-refractivity contribution < 1.29 is 24.1 Å². The number of piperidine rings is 1. The lowest BCUT2D eigenvalue weighted by Crippen LogP contribution is -2.54. The van der Waals surface area contributed by atoms with Crippen molar-refractivity contribution in [3.05, 3.63) is 29.3 Å². The average molecular weight is 413 g/mol. The fourth-order valence-corrected chi connectivity index (χ4v) is 3.85. The standard InChI is InChI=1S/C20H29ClN2O5/c1-2-27-19(24)22-9-7-17(8-10-22)23-11-12-26-14-20(25,13-23)15-28-18-5-3-16(21)4-6-18/h3-6,17,25H,2,7-15H2,1H3. The first-order valence-corrected chi connectivity index (χ1v) is 10.2. The van der Waals surface area contributed by atoms with Crippen LogP contribution >= 0.6 is 11.6 Å². The number of nitrogens with zero attached hydrogens (tertiary/aromatic N) is 2. The minimum atomic E-state index is -1.09. The van der Waals surface area contributed by atoms with Gasteiger partial charge < -0.3 is 24.2 Å². The molecule has 1 N–H and O–H groups in total. The van der Waals surface area contributed by atoms with Crippen molar-refractivity contribution in [1.29, 1.82) is 0 Å². The number of hydrogen-bond donors (Lipinski definition) is 1. The van der Waals surface area contributed by atoms with Crippen molar-refractivity contribution in [3.63, 3.8) is 0 Å². The van der Waals surface area contributed by atoms with Gasteiger partial charge in [0.05, 0.1) is 19.8 Å². The van der Waals surface area contributed by atoms with Crippen LogP contribution in [0.5, 0.6) is 5.75 Å². The Kier molecular flexibility index (Phi) is 7.40. The van der Waals surface area contributed by atoms with Gasteiger partial charge in [0.15, 0.2) is 0 Å². The van der Waals surface area contributed by atoms with E-state index in [2.05, 4.69) is 4.90 Å². The van der Waals surface area contributed by atoms with Crippen LogP contribution in [0, 0.1) is 0 Å². The molecule has 28 heavy (non-hydrogen) atoms. The minimum absolute atomic E-state index is 0.146. The molecule has 1 unspecified atom stereocenters. The zero-order valence-corrected chi connectivity index (χ0v) is 17.1. The molecule has 0 radical (unpaired) electrons. The van der Waals surface area contributed by atoms with Gasteiger partial charge in [-0.15, -0.1) is 0 Å². The zero-order chi connectivity index (χ0) is 20.0. The molecule has 7 nitrogen and oxygen atoms in total. The Labute approximate surface area is 171 Å². The Morgan fingerprint density at radius 3 is 2.68 bits per heavy atom. The molecule has 1 amide bonds. The molecule has 2 fully saturated rings. The number of halogens is 1. The average Bonchev–Trinajstić information content (AvgIpc) is 2.90. The molecule has 2 saturated heterocycles. The summed E-state index contributed by atoms with van der Waals surface area (Å²) in [6.45, 7) is 5.73. The molecule has 2 heterocycles. The third-order valence-electron chi connectivity index (χ3n) is 5.22. The van der Waals surface area contributed by atoms with Crippen LogP contribution in [0.15, 0.2) is 24.3 Å². The molecular formula is C20H29ClN2O5. The second-order valence-electron chi connectivity index (χ2n) is 7.41. The monoisotopic (exact) mass is 412 g/mol. The highest BCUT2D eigenvalue weighted by Crippen LogP contribution is 2.23. The predicted molar refractivity (Wildman–Crippen MR) is 106 cm³/mol. The van der Waals surface area contributed by atoms with Gasteiger partial charge in [0.2, 0.25) is 0 Å². The molecule has 0 aliphatic carbocycles. The maximum absolute atomic E-state index is 11.9. The van der Waals surface area contributed by atoms with Crippen molar-refractivity contribution in [2.75, 3.05) is 52.6 Å². The summed E-state index contributed by atoms with van der Waals surface area (Å²) in [7, 11) is 0. The highest BCUT2D eigenvalue weighted by atomic mass is 35.5. The number of amides is 1. The van der Waals surface area contributed by atoms with Crippen LogP contribution in [0.25, 0.3) is 0 Å². The van der Waals surface area contributed by atoms with Gasteiger partial charge in [-0.25, -0.2) is 4.79 Å². The Balaban J connectivity index is 1.54. The lowest BCUT2D eigenvalue weighted by molar-refractivity contribution is -0.0688. The quantitative estimate of drug-likeness (QED) is 0.800. The Morgan fingerprint density at radius 2 is 2.00 bits per heavy atom. The lowest BCUT2D eigenvalue weighted by Gasteiger charge is -2.39. The van der Waals surface area contributed by atoms with Crippen molar-refractivity contribution in [2.24, 2.45) is 0 Å². The van der Waals surface area contributed by atoms with Crippen molar-refractivity contribution in [3.8, 4) is 5.75 Å². The molecule has 3 rings (SSSR count). The van der Waals surface area contributed by atoms with E-state index in [0.29, 0.717) is 49.7 Å². The van der Waals surface area contributed by atoms with Crippen molar-refractivity contribution in [1.82, 2.24) is 9.80 Å². The van der Waals surface area contributed by atoms with E-state index in [-0.39, 0.29) is 19.3 Å². The van der Waals surface area contributed by atoms with E-state index in [1.807, 2.05) is 6.92 Å². The minimum Gasteiger partial charge on any atom is -0.490 e. The lowest BCUT2D eigenvalue weighted by atomic mass is 10.00. The number of β-amino-alcohol motifs (C(OH)–C–C–N with tert-alkyl or cyclic N) is 1.